The minimum Gasteiger partial charge on any atom is -0.495 e. The van der Waals surface area contributed by atoms with Crippen LogP contribution in [-0.4, -0.2) is 13.0 Å². The zero-order valence-electron chi connectivity index (χ0n) is 12.7. The van der Waals surface area contributed by atoms with Gasteiger partial charge in [0.2, 0.25) is 0 Å². The van der Waals surface area contributed by atoms with Crippen LogP contribution in [0, 0.1) is 0 Å². The minimum absolute atomic E-state index is 0.0896. The molecule has 2 aromatic carbocycles. The molecule has 0 aliphatic heterocycles. The second-order valence-corrected chi connectivity index (χ2v) is 6.32. The van der Waals surface area contributed by atoms with Crippen molar-refractivity contribution in [3.05, 3.63) is 67.4 Å². The molecule has 128 valence electrons. The quantitative estimate of drug-likeness (QED) is 0.673. The third-order valence-electron chi connectivity index (χ3n) is 3.38. The molecule has 0 aliphatic carbocycles. The highest BCUT2D eigenvalue weighted by Crippen LogP contribution is 2.29. The summed E-state index contributed by atoms with van der Waals surface area (Å²) in [6.45, 7) is 0. The van der Waals surface area contributed by atoms with Gasteiger partial charge in [-0.3, -0.25) is 9.59 Å². The Labute approximate surface area is 157 Å². The number of anilines is 1. The summed E-state index contributed by atoms with van der Waals surface area (Å²) in [7, 11) is 1.45. The fraction of sp³-hybridized carbons (Fsp3) is 0.0588. The molecular formula is C17H10Cl3NO4. The molecule has 0 bridgehead atoms. The maximum Gasteiger partial charge on any atom is 0.291 e. The van der Waals surface area contributed by atoms with E-state index in [1.165, 1.54) is 19.2 Å². The Balaban J connectivity index is 2.02. The average molecular weight is 399 g/mol. The molecule has 8 heteroatoms. The van der Waals surface area contributed by atoms with E-state index >= 15 is 0 Å². The lowest BCUT2D eigenvalue weighted by Crippen LogP contribution is -2.15. The first-order valence-corrected chi connectivity index (χ1v) is 8.10. The minimum atomic E-state index is -0.634. The predicted molar refractivity (Wildman–Crippen MR) is 98.5 cm³/mol. The predicted octanol–water partition coefficient (Wildman–Crippen LogP) is 5.01. The van der Waals surface area contributed by atoms with E-state index in [9.17, 15) is 9.59 Å². The molecule has 1 N–H and O–H groups in total. The second-order valence-electron chi connectivity index (χ2n) is 5.04. The summed E-state index contributed by atoms with van der Waals surface area (Å²) in [5.41, 5.74) is 0.0347. The standard InChI is InChI=1S/C17H10Cl3NO4/c1-24-14-6-8(18)2-3-12(14)21-17(23)15-7-13(22)10-4-9(19)5-11(20)16(10)25-15/h2-7H,1H3,(H,21,23). The molecule has 1 aromatic heterocycles. The maximum absolute atomic E-state index is 12.4. The number of benzene rings is 2. The second kappa shape index (κ2) is 6.96. The van der Waals surface area contributed by atoms with Crippen LogP contribution in [0.4, 0.5) is 5.69 Å². The highest BCUT2D eigenvalue weighted by Gasteiger charge is 2.16. The van der Waals surface area contributed by atoms with Crippen molar-refractivity contribution in [2.45, 2.75) is 0 Å². The molecule has 0 radical (unpaired) electrons. The molecule has 0 saturated heterocycles. The van der Waals surface area contributed by atoms with Gasteiger partial charge in [0.15, 0.2) is 16.8 Å². The largest absolute Gasteiger partial charge is 0.495 e. The van der Waals surface area contributed by atoms with E-state index < -0.39 is 11.3 Å². The van der Waals surface area contributed by atoms with Crippen LogP contribution < -0.4 is 15.5 Å². The topological polar surface area (TPSA) is 68.5 Å². The Morgan fingerprint density at radius 2 is 1.84 bits per heavy atom. The van der Waals surface area contributed by atoms with Crippen molar-refractivity contribution in [1.82, 2.24) is 0 Å². The van der Waals surface area contributed by atoms with Gasteiger partial charge in [-0.15, -0.1) is 0 Å². The van der Waals surface area contributed by atoms with Gasteiger partial charge in [0.1, 0.15) is 5.75 Å². The highest BCUT2D eigenvalue weighted by atomic mass is 35.5. The SMILES string of the molecule is COc1cc(Cl)ccc1NC(=O)c1cc(=O)c2cc(Cl)cc(Cl)c2o1. The van der Waals surface area contributed by atoms with Crippen molar-refractivity contribution < 1.29 is 13.9 Å². The van der Waals surface area contributed by atoms with E-state index in [0.29, 0.717) is 21.5 Å². The lowest BCUT2D eigenvalue weighted by Gasteiger charge is -2.10. The van der Waals surface area contributed by atoms with Gasteiger partial charge < -0.3 is 14.5 Å². The highest BCUT2D eigenvalue weighted by molar-refractivity contribution is 6.38. The number of carbonyl (C=O) groups excluding carboxylic acids is 1. The summed E-state index contributed by atoms with van der Waals surface area (Å²) in [5.74, 6) is -0.460. The number of methoxy groups -OCH3 is 1. The summed E-state index contributed by atoms with van der Waals surface area (Å²) in [6, 6.07) is 8.65. The van der Waals surface area contributed by atoms with Gasteiger partial charge in [0.05, 0.1) is 23.2 Å². The van der Waals surface area contributed by atoms with Gasteiger partial charge in [-0.25, -0.2) is 0 Å². The van der Waals surface area contributed by atoms with Crippen LogP contribution in [-0.2, 0) is 0 Å². The van der Waals surface area contributed by atoms with E-state index in [-0.39, 0.29) is 21.8 Å². The van der Waals surface area contributed by atoms with Crippen LogP contribution in [0.15, 0.2) is 45.6 Å². The van der Waals surface area contributed by atoms with Gasteiger partial charge in [0, 0.05) is 22.2 Å². The zero-order valence-corrected chi connectivity index (χ0v) is 15.0. The van der Waals surface area contributed by atoms with Crippen molar-refractivity contribution >= 4 is 57.4 Å². The zero-order chi connectivity index (χ0) is 18.1. The van der Waals surface area contributed by atoms with Gasteiger partial charge in [-0.05, 0) is 24.3 Å². The van der Waals surface area contributed by atoms with Crippen LogP contribution in [0.3, 0.4) is 0 Å². The van der Waals surface area contributed by atoms with Gasteiger partial charge in [0.25, 0.3) is 5.91 Å². The normalized spacial score (nSPS) is 10.7. The van der Waals surface area contributed by atoms with Crippen molar-refractivity contribution in [3.63, 3.8) is 0 Å². The molecule has 0 atom stereocenters. The third-order valence-corrected chi connectivity index (χ3v) is 4.12. The molecule has 3 aromatic rings. The monoisotopic (exact) mass is 397 g/mol. The fourth-order valence-corrected chi connectivity index (χ4v) is 2.94. The summed E-state index contributed by atoms with van der Waals surface area (Å²) < 4.78 is 10.7. The third kappa shape index (κ3) is 3.58. The number of fused-ring (bicyclic) bond motifs is 1. The number of hydrogen-bond donors (Lipinski definition) is 1. The Bertz CT molecular complexity index is 1050. The summed E-state index contributed by atoms with van der Waals surface area (Å²) in [5, 5.41) is 3.69. The Morgan fingerprint density at radius 1 is 1.08 bits per heavy atom. The summed E-state index contributed by atoms with van der Waals surface area (Å²) >= 11 is 17.8. The number of halogens is 3. The van der Waals surface area contributed by atoms with Crippen molar-refractivity contribution in [2.24, 2.45) is 0 Å². The maximum atomic E-state index is 12.4. The van der Waals surface area contributed by atoms with E-state index in [1.54, 1.807) is 18.2 Å². The van der Waals surface area contributed by atoms with Crippen molar-refractivity contribution in [2.75, 3.05) is 12.4 Å². The van der Waals surface area contributed by atoms with Gasteiger partial charge in [-0.1, -0.05) is 34.8 Å². The average Bonchev–Trinajstić information content (AvgIpc) is 2.57. The van der Waals surface area contributed by atoms with Gasteiger partial charge >= 0.3 is 0 Å². The number of rotatable bonds is 3. The molecular weight excluding hydrogens is 389 g/mol. The first kappa shape index (κ1) is 17.6. The summed E-state index contributed by atoms with van der Waals surface area (Å²) in [4.78, 5) is 24.7. The number of nitrogens with one attached hydrogen (secondary N) is 1. The lowest BCUT2D eigenvalue weighted by atomic mass is 10.2. The van der Waals surface area contributed by atoms with Gasteiger partial charge in [-0.2, -0.15) is 0 Å². The molecule has 0 aliphatic rings. The van der Waals surface area contributed by atoms with E-state index in [2.05, 4.69) is 5.32 Å². The van der Waals surface area contributed by atoms with Crippen LogP contribution >= 0.6 is 34.8 Å². The molecule has 1 heterocycles. The van der Waals surface area contributed by atoms with E-state index in [4.69, 9.17) is 44.0 Å². The molecule has 0 unspecified atom stereocenters. The van der Waals surface area contributed by atoms with Crippen LogP contribution in [0.25, 0.3) is 11.0 Å². The fourth-order valence-electron chi connectivity index (χ4n) is 2.25. The van der Waals surface area contributed by atoms with Crippen LogP contribution in [0.1, 0.15) is 10.6 Å². The number of ether oxygens (including phenoxy) is 1. The molecule has 0 saturated carbocycles. The van der Waals surface area contributed by atoms with Crippen LogP contribution in [0.5, 0.6) is 5.75 Å². The number of carbonyl (C=O) groups is 1. The van der Waals surface area contributed by atoms with Crippen molar-refractivity contribution in [1.29, 1.82) is 0 Å². The Kier molecular flexibility index (Phi) is 4.90. The van der Waals surface area contributed by atoms with E-state index in [1.807, 2.05) is 0 Å². The van der Waals surface area contributed by atoms with Crippen molar-refractivity contribution in [3.8, 4) is 5.75 Å². The lowest BCUT2D eigenvalue weighted by molar-refractivity contribution is 0.0997. The molecule has 1 amide bonds. The first-order chi connectivity index (χ1) is 11.9. The Hall–Kier alpha value is -2.21. The Morgan fingerprint density at radius 3 is 2.56 bits per heavy atom. The molecule has 3 rings (SSSR count). The number of hydrogen-bond acceptors (Lipinski definition) is 4. The smallest absolute Gasteiger partial charge is 0.291 e. The molecule has 0 spiro atoms. The first-order valence-electron chi connectivity index (χ1n) is 6.97. The van der Waals surface area contributed by atoms with E-state index in [0.717, 1.165) is 6.07 Å². The van der Waals surface area contributed by atoms with Crippen LogP contribution in [0.2, 0.25) is 15.1 Å². The molecule has 0 fully saturated rings. The molecule has 5 nitrogen and oxygen atoms in total. The summed E-state index contributed by atoms with van der Waals surface area (Å²) in [6.07, 6.45) is 0. The molecule has 25 heavy (non-hydrogen) atoms. The number of amides is 1.